The summed E-state index contributed by atoms with van der Waals surface area (Å²) in [6.45, 7) is 2.06. The molecule has 2 aromatic carbocycles. The maximum atomic E-state index is 12.6. The summed E-state index contributed by atoms with van der Waals surface area (Å²) in [6, 6.07) is 13.0. The summed E-state index contributed by atoms with van der Waals surface area (Å²) in [5.74, 6) is 0.329. The fraction of sp³-hybridized carbons (Fsp3) is 0.263. The van der Waals surface area contributed by atoms with Crippen LogP contribution in [0.4, 0.5) is 4.79 Å². The standard InChI is InChI=1S/C19H20N2O3S/c1-12-16(18(22)24-9-10-25-2)17(21-19(23)20-12)15-8-7-13-5-3-4-6-14(13)11-15/h3-8,11,17H,9-10H2,1-2H3,(H2,20,21,23)/t17-/m1/s1. The number of thioether (sulfide) groups is 1. The molecule has 0 saturated carbocycles. The molecule has 2 amide bonds. The Hall–Kier alpha value is -2.47. The van der Waals surface area contributed by atoms with Crippen molar-refractivity contribution in [3.8, 4) is 0 Å². The number of carbonyl (C=O) groups is 2. The van der Waals surface area contributed by atoms with Gasteiger partial charge in [-0.2, -0.15) is 11.8 Å². The molecule has 0 aromatic heterocycles. The second-order valence-electron chi connectivity index (χ2n) is 5.81. The van der Waals surface area contributed by atoms with Gasteiger partial charge in [-0.05, 0) is 35.6 Å². The summed E-state index contributed by atoms with van der Waals surface area (Å²) in [7, 11) is 0. The maximum Gasteiger partial charge on any atom is 0.338 e. The highest BCUT2D eigenvalue weighted by Crippen LogP contribution is 2.29. The minimum atomic E-state index is -0.528. The number of esters is 1. The Morgan fingerprint density at radius 1 is 1.20 bits per heavy atom. The van der Waals surface area contributed by atoms with Gasteiger partial charge >= 0.3 is 12.0 Å². The molecule has 2 aromatic rings. The molecule has 0 saturated heterocycles. The zero-order valence-corrected chi connectivity index (χ0v) is 15.0. The lowest BCUT2D eigenvalue weighted by Crippen LogP contribution is -2.45. The van der Waals surface area contributed by atoms with E-state index in [1.807, 2.05) is 48.7 Å². The average Bonchev–Trinajstić information content (AvgIpc) is 2.60. The first-order valence-electron chi connectivity index (χ1n) is 8.03. The van der Waals surface area contributed by atoms with Gasteiger partial charge in [-0.3, -0.25) is 0 Å². The van der Waals surface area contributed by atoms with Crippen molar-refractivity contribution >= 4 is 34.5 Å². The van der Waals surface area contributed by atoms with Crippen LogP contribution in [0.3, 0.4) is 0 Å². The highest BCUT2D eigenvalue weighted by molar-refractivity contribution is 7.98. The van der Waals surface area contributed by atoms with Crippen molar-refractivity contribution in [3.63, 3.8) is 0 Å². The Morgan fingerprint density at radius 3 is 2.72 bits per heavy atom. The Labute approximate surface area is 150 Å². The number of carbonyl (C=O) groups excluding carboxylic acids is 2. The van der Waals surface area contributed by atoms with Gasteiger partial charge in [0.25, 0.3) is 0 Å². The van der Waals surface area contributed by atoms with Gasteiger partial charge in [0.2, 0.25) is 0 Å². The second-order valence-corrected chi connectivity index (χ2v) is 6.79. The Kier molecular flexibility index (Phi) is 5.28. The van der Waals surface area contributed by atoms with E-state index in [0.29, 0.717) is 17.9 Å². The van der Waals surface area contributed by atoms with Crippen molar-refractivity contribution in [2.75, 3.05) is 18.6 Å². The SMILES string of the molecule is CSCCOC(=O)C1=C(C)NC(=O)N[C@@H]1c1ccc2ccccc2c1. The number of amides is 2. The van der Waals surface area contributed by atoms with Crippen LogP contribution in [0.2, 0.25) is 0 Å². The maximum absolute atomic E-state index is 12.6. The largest absolute Gasteiger partial charge is 0.461 e. The molecule has 1 aliphatic heterocycles. The summed E-state index contributed by atoms with van der Waals surface area (Å²) >= 11 is 1.61. The molecule has 0 spiro atoms. The number of benzene rings is 2. The number of fused-ring (bicyclic) bond motifs is 1. The number of hydrogen-bond acceptors (Lipinski definition) is 4. The van der Waals surface area contributed by atoms with Crippen molar-refractivity contribution in [2.24, 2.45) is 0 Å². The number of allylic oxidation sites excluding steroid dienone is 1. The third-order valence-corrected chi connectivity index (χ3v) is 4.69. The minimum absolute atomic E-state index is 0.323. The summed E-state index contributed by atoms with van der Waals surface area (Å²) < 4.78 is 5.36. The molecule has 0 fully saturated rings. The van der Waals surface area contributed by atoms with Crippen molar-refractivity contribution in [1.82, 2.24) is 10.6 Å². The molecule has 1 heterocycles. The van der Waals surface area contributed by atoms with Crippen LogP contribution < -0.4 is 10.6 Å². The smallest absolute Gasteiger partial charge is 0.338 e. The fourth-order valence-electron chi connectivity index (χ4n) is 2.90. The van der Waals surface area contributed by atoms with Crippen molar-refractivity contribution < 1.29 is 14.3 Å². The molecular weight excluding hydrogens is 336 g/mol. The van der Waals surface area contributed by atoms with Crippen LogP contribution in [0.1, 0.15) is 18.5 Å². The lowest BCUT2D eigenvalue weighted by atomic mass is 9.94. The zero-order chi connectivity index (χ0) is 17.8. The predicted molar refractivity (Wildman–Crippen MR) is 100 cm³/mol. The van der Waals surface area contributed by atoms with Gasteiger partial charge in [-0.1, -0.05) is 36.4 Å². The molecule has 5 nitrogen and oxygen atoms in total. The van der Waals surface area contributed by atoms with Crippen LogP contribution in [-0.4, -0.2) is 30.6 Å². The van der Waals surface area contributed by atoms with Crippen LogP contribution in [-0.2, 0) is 9.53 Å². The van der Waals surface area contributed by atoms with E-state index in [9.17, 15) is 9.59 Å². The van der Waals surface area contributed by atoms with Crippen molar-refractivity contribution in [3.05, 3.63) is 59.3 Å². The summed E-state index contributed by atoms with van der Waals surface area (Å²) in [6.07, 6.45) is 1.96. The van der Waals surface area contributed by atoms with Gasteiger partial charge in [-0.15, -0.1) is 0 Å². The fourth-order valence-corrected chi connectivity index (χ4v) is 3.15. The molecule has 0 aliphatic carbocycles. The number of urea groups is 1. The number of nitrogens with one attached hydrogen (secondary N) is 2. The number of rotatable bonds is 5. The van der Waals surface area contributed by atoms with Gasteiger partial charge in [0.15, 0.2) is 0 Å². The lowest BCUT2D eigenvalue weighted by Gasteiger charge is -2.28. The predicted octanol–water partition coefficient (Wildman–Crippen LogP) is 3.37. The van der Waals surface area contributed by atoms with Gasteiger partial charge in [-0.25, -0.2) is 9.59 Å². The number of ether oxygens (including phenoxy) is 1. The molecular formula is C19H20N2O3S. The van der Waals surface area contributed by atoms with Crippen LogP contribution in [0, 0.1) is 0 Å². The third kappa shape index (κ3) is 3.79. The van der Waals surface area contributed by atoms with Crippen LogP contribution in [0.25, 0.3) is 10.8 Å². The van der Waals surface area contributed by atoms with E-state index < -0.39 is 12.0 Å². The lowest BCUT2D eigenvalue weighted by molar-refractivity contribution is -0.138. The van der Waals surface area contributed by atoms with Gasteiger partial charge < -0.3 is 15.4 Å². The van der Waals surface area contributed by atoms with E-state index in [1.165, 1.54) is 0 Å². The molecule has 0 bridgehead atoms. The van der Waals surface area contributed by atoms with E-state index in [2.05, 4.69) is 10.6 Å². The van der Waals surface area contributed by atoms with E-state index >= 15 is 0 Å². The van der Waals surface area contributed by atoms with E-state index in [1.54, 1.807) is 18.7 Å². The first-order chi connectivity index (χ1) is 12.1. The summed E-state index contributed by atoms with van der Waals surface area (Å²) in [5, 5.41) is 7.66. The van der Waals surface area contributed by atoms with Gasteiger partial charge in [0.1, 0.15) is 6.61 Å². The molecule has 6 heteroatoms. The highest BCUT2D eigenvalue weighted by Gasteiger charge is 2.32. The van der Waals surface area contributed by atoms with Crippen LogP contribution >= 0.6 is 11.8 Å². The normalized spacial score (nSPS) is 17.2. The highest BCUT2D eigenvalue weighted by atomic mass is 32.2. The molecule has 1 aliphatic rings. The van der Waals surface area contributed by atoms with Crippen LogP contribution in [0.15, 0.2) is 53.7 Å². The Morgan fingerprint density at radius 2 is 1.96 bits per heavy atom. The number of hydrogen-bond donors (Lipinski definition) is 2. The monoisotopic (exact) mass is 356 g/mol. The van der Waals surface area contributed by atoms with E-state index in [0.717, 1.165) is 22.1 Å². The Bertz CT molecular complexity index is 847. The topological polar surface area (TPSA) is 67.4 Å². The van der Waals surface area contributed by atoms with E-state index in [-0.39, 0.29) is 6.03 Å². The zero-order valence-electron chi connectivity index (χ0n) is 14.2. The van der Waals surface area contributed by atoms with E-state index in [4.69, 9.17) is 4.74 Å². The molecule has 0 radical (unpaired) electrons. The molecule has 130 valence electrons. The van der Waals surface area contributed by atoms with Gasteiger partial charge in [0.05, 0.1) is 11.6 Å². The molecule has 0 unspecified atom stereocenters. The summed E-state index contributed by atoms with van der Waals surface area (Å²) in [5.41, 5.74) is 1.82. The van der Waals surface area contributed by atoms with Crippen LogP contribution in [0.5, 0.6) is 0 Å². The quantitative estimate of drug-likeness (QED) is 0.637. The van der Waals surface area contributed by atoms with Crippen molar-refractivity contribution in [2.45, 2.75) is 13.0 Å². The first kappa shape index (κ1) is 17.4. The second kappa shape index (κ2) is 7.61. The summed E-state index contributed by atoms with van der Waals surface area (Å²) in [4.78, 5) is 24.5. The molecule has 25 heavy (non-hydrogen) atoms. The average molecular weight is 356 g/mol. The first-order valence-corrected chi connectivity index (χ1v) is 9.42. The van der Waals surface area contributed by atoms with Crippen molar-refractivity contribution in [1.29, 1.82) is 0 Å². The van der Waals surface area contributed by atoms with Gasteiger partial charge in [0, 0.05) is 11.4 Å². The Balaban J connectivity index is 1.96. The minimum Gasteiger partial charge on any atom is -0.461 e. The molecule has 1 atom stereocenters. The third-order valence-electron chi connectivity index (χ3n) is 4.12. The molecule has 2 N–H and O–H groups in total. The molecule has 3 rings (SSSR count).